The van der Waals surface area contributed by atoms with E-state index in [0.29, 0.717) is 11.4 Å². The average molecular weight is 284 g/mol. The van der Waals surface area contributed by atoms with Crippen LogP contribution in [-0.4, -0.2) is 18.5 Å². The van der Waals surface area contributed by atoms with E-state index in [1.807, 2.05) is 68.4 Å². The van der Waals surface area contributed by atoms with Crippen LogP contribution in [0.2, 0.25) is 0 Å². The lowest BCUT2D eigenvalue weighted by Crippen LogP contribution is -2.32. The molecular weight excluding hydrogens is 264 g/mol. The summed E-state index contributed by atoms with van der Waals surface area (Å²) in [4.78, 5) is 11.9. The number of hydrogen-bond donors (Lipinski definition) is 2. The van der Waals surface area contributed by atoms with Gasteiger partial charge in [-0.1, -0.05) is 44.2 Å². The van der Waals surface area contributed by atoms with Crippen LogP contribution in [0.3, 0.4) is 0 Å². The number of carbonyl (C=O) groups is 1. The summed E-state index contributed by atoms with van der Waals surface area (Å²) in [7, 11) is 0. The standard InChI is InChI=1S/C17H20N2O2/c1-13(2)18-12-17(20)19-15-10-6-7-11-16(15)21-14-8-4-3-5-9-14/h3-11,13,18H,12H2,1-2H3,(H,19,20). The second-order valence-electron chi connectivity index (χ2n) is 5.00. The maximum Gasteiger partial charge on any atom is 0.238 e. The predicted molar refractivity (Wildman–Crippen MR) is 84.7 cm³/mol. The van der Waals surface area contributed by atoms with Crippen LogP contribution in [0, 0.1) is 0 Å². The highest BCUT2D eigenvalue weighted by Gasteiger charge is 2.08. The van der Waals surface area contributed by atoms with Crippen LogP contribution in [0.1, 0.15) is 13.8 Å². The number of ether oxygens (including phenoxy) is 1. The Labute approximate surface area is 125 Å². The molecule has 0 aromatic heterocycles. The number of rotatable bonds is 6. The molecule has 1 amide bonds. The van der Waals surface area contributed by atoms with Crippen molar-refractivity contribution < 1.29 is 9.53 Å². The number of amides is 1. The maximum atomic E-state index is 11.9. The van der Waals surface area contributed by atoms with Crippen LogP contribution in [0.15, 0.2) is 54.6 Å². The van der Waals surface area contributed by atoms with E-state index in [-0.39, 0.29) is 18.5 Å². The van der Waals surface area contributed by atoms with Crippen molar-refractivity contribution in [1.82, 2.24) is 5.32 Å². The second-order valence-corrected chi connectivity index (χ2v) is 5.00. The minimum absolute atomic E-state index is 0.0900. The average Bonchev–Trinajstić information content (AvgIpc) is 2.48. The molecule has 0 unspecified atom stereocenters. The number of nitrogens with one attached hydrogen (secondary N) is 2. The van der Waals surface area contributed by atoms with Gasteiger partial charge in [0.15, 0.2) is 5.75 Å². The van der Waals surface area contributed by atoms with E-state index in [1.165, 1.54) is 0 Å². The Bertz CT molecular complexity index is 582. The van der Waals surface area contributed by atoms with Crippen LogP contribution < -0.4 is 15.4 Å². The summed E-state index contributed by atoms with van der Waals surface area (Å²) in [6.45, 7) is 4.27. The van der Waals surface area contributed by atoms with Crippen LogP contribution in [-0.2, 0) is 4.79 Å². The molecule has 0 atom stereocenters. The fourth-order valence-corrected chi connectivity index (χ4v) is 1.77. The summed E-state index contributed by atoms with van der Waals surface area (Å²) < 4.78 is 5.80. The minimum Gasteiger partial charge on any atom is -0.455 e. The fraction of sp³-hybridized carbons (Fsp3) is 0.235. The van der Waals surface area contributed by atoms with Crippen molar-refractivity contribution in [2.75, 3.05) is 11.9 Å². The van der Waals surface area contributed by atoms with Crippen molar-refractivity contribution in [3.05, 3.63) is 54.6 Å². The zero-order chi connectivity index (χ0) is 15.1. The summed E-state index contributed by atoms with van der Waals surface area (Å²) in [5.74, 6) is 1.27. The van der Waals surface area contributed by atoms with Crippen molar-refractivity contribution >= 4 is 11.6 Å². The van der Waals surface area contributed by atoms with Gasteiger partial charge < -0.3 is 15.4 Å². The lowest BCUT2D eigenvalue weighted by Gasteiger charge is -2.13. The molecule has 0 aliphatic carbocycles. The molecule has 0 fully saturated rings. The van der Waals surface area contributed by atoms with Crippen molar-refractivity contribution in [2.45, 2.75) is 19.9 Å². The minimum atomic E-state index is -0.0900. The monoisotopic (exact) mass is 284 g/mol. The topological polar surface area (TPSA) is 50.4 Å². The third-order valence-electron chi connectivity index (χ3n) is 2.80. The third kappa shape index (κ3) is 4.93. The Morgan fingerprint density at radius 1 is 1.05 bits per heavy atom. The Balaban J connectivity index is 2.05. The van der Waals surface area contributed by atoms with E-state index in [4.69, 9.17) is 4.74 Å². The normalized spacial score (nSPS) is 10.4. The van der Waals surface area contributed by atoms with E-state index in [2.05, 4.69) is 10.6 Å². The van der Waals surface area contributed by atoms with Gasteiger partial charge in [0.05, 0.1) is 12.2 Å². The van der Waals surface area contributed by atoms with Gasteiger partial charge in [-0.15, -0.1) is 0 Å². The van der Waals surface area contributed by atoms with Gasteiger partial charge in [-0.3, -0.25) is 4.79 Å². The molecule has 4 heteroatoms. The molecule has 110 valence electrons. The highest BCUT2D eigenvalue weighted by Crippen LogP contribution is 2.28. The molecule has 0 radical (unpaired) electrons. The summed E-state index contributed by atoms with van der Waals surface area (Å²) >= 11 is 0. The number of hydrogen-bond acceptors (Lipinski definition) is 3. The summed E-state index contributed by atoms with van der Waals surface area (Å²) in [5.41, 5.74) is 0.664. The number of carbonyl (C=O) groups excluding carboxylic acids is 1. The Hall–Kier alpha value is -2.33. The lowest BCUT2D eigenvalue weighted by molar-refractivity contribution is -0.115. The molecule has 0 saturated carbocycles. The molecule has 0 heterocycles. The molecular formula is C17H20N2O2. The van der Waals surface area contributed by atoms with Gasteiger partial charge in [0.2, 0.25) is 5.91 Å². The van der Waals surface area contributed by atoms with Gasteiger partial charge in [-0.2, -0.15) is 0 Å². The highest BCUT2D eigenvalue weighted by atomic mass is 16.5. The molecule has 0 aliphatic rings. The van der Waals surface area contributed by atoms with E-state index in [1.54, 1.807) is 0 Å². The van der Waals surface area contributed by atoms with Crippen molar-refractivity contribution in [3.63, 3.8) is 0 Å². The van der Waals surface area contributed by atoms with Gasteiger partial charge in [0, 0.05) is 6.04 Å². The first-order chi connectivity index (χ1) is 10.1. The van der Waals surface area contributed by atoms with Gasteiger partial charge in [-0.25, -0.2) is 0 Å². The van der Waals surface area contributed by atoms with E-state index < -0.39 is 0 Å². The smallest absolute Gasteiger partial charge is 0.238 e. The first-order valence-electron chi connectivity index (χ1n) is 7.00. The number of para-hydroxylation sites is 3. The molecule has 2 N–H and O–H groups in total. The van der Waals surface area contributed by atoms with E-state index >= 15 is 0 Å². The third-order valence-corrected chi connectivity index (χ3v) is 2.80. The van der Waals surface area contributed by atoms with E-state index in [9.17, 15) is 4.79 Å². The Kier molecular flexibility index (Phi) is 5.35. The number of anilines is 1. The second kappa shape index (κ2) is 7.45. The fourth-order valence-electron chi connectivity index (χ4n) is 1.77. The maximum absolute atomic E-state index is 11.9. The highest BCUT2D eigenvalue weighted by molar-refractivity contribution is 5.93. The Morgan fingerprint density at radius 3 is 2.43 bits per heavy atom. The zero-order valence-corrected chi connectivity index (χ0v) is 12.3. The first-order valence-corrected chi connectivity index (χ1v) is 7.00. The summed E-state index contributed by atoms with van der Waals surface area (Å²) in [6.07, 6.45) is 0. The molecule has 0 aliphatic heterocycles. The largest absolute Gasteiger partial charge is 0.455 e. The molecule has 2 aromatic rings. The molecule has 0 spiro atoms. The molecule has 4 nitrogen and oxygen atoms in total. The molecule has 2 rings (SSSR count). The molecule has 21 heavy (non-hydrogen) atoms. The van der Waals surface area contributed by atoms with Crippen molar-refractivity contribution in [2.24, 2.45) is 0 Å². The lowest BCUT2D eigenvalue weighted by atomic mass is 10.2. The van der Waals surface area contributed by atoms with Crippen LogP contribution >= 0.6 is 0 Å². The van der Waals surface area contributed by atoms with Crippen molar-refractivity contribution in [3.8, 4) is 11.5 Å². The summed E-state index contributed by atoms with van der Waals surface area (Å²) in [6, 6.07) is 17.2. The van der Waals surface area contributed by atoms with Gasteiger partial charge >= 0.3 is 0 Å². The van der Waals surface area contributed by atoms with Gasteiger partial charge in [0.1, 0.15) is 5.75 Å². The molecule has 2 aromatic carbocycles. The van der Waals surface area contributed by atoms with E-state index in [0.717, 1.165) is 5.75 Å². The zero-order valence-electron chi connectivity index (χ0n) is 12.3. The Morgan fingerprint density at radius 2 is 1.71 bits per heavy atom. The predicted octanol–water partition coefficient (Wildman–Crippen LogP) is 3.42. The SMILES string of the molecule is CC(C)NCC(=O)Nc1ccccc1Oc1ccccc1. The quantitative estimate of drug-likeness (QED) is 0.854. The van der Waals surface area contributed by atoms with Crippen LogP contribution in [0.4, 0.5) is 5.69 Å². The molecule has 0 bridgehead atoms. The van der Waals surface area contributed by atoms with Crippen LogP contribution in [0.25, 0.3) is 0 Å². The first kappa shape index (κ1) is 15.1. The number of benzene rings is 2. The van der Waals surface area contributed by atoms with Crippen molar-refractivity contribution in [1.29, 1.82) is 0 Å². The van der Waals surface area contributed by atoms with Crippen LogP contribution in [0.5, 0.6) is 11.5 Å². The van der Waals surface area contributed by atoms with Gasteiger partial charge in [0.25, 0.3) is 0 Å². The molecule has 0 saturated heterocycles. The van der Waals surface area contributed by atoms with Gasteiger partial charge in [-0.05, 0) is 24.3 Å². The summed E-state index contributed by atoms with van der Waals surface area (Å²) in [5, 5.41) is 5.94.